The average Bonchev–Trinajstić information content (AvgIpc) is 2.28. The molecule has 1 atom stereocenters. The van der Waals surface area contributed by atoms with Crippen molar-refractivity contribution < 1.29 is 4.79 Å². The van der Waals surface area contributed by atoms with E-state index in [0.717, 1.165) is 23.4 Å². The Morgan fingerprint density at radius 2 is 1.88 bits per heavy atom. The molecule has 1 aromatic rings. The molecule has 0 saturated heterocycles. The van der Waals surface area contributed by atoms with Crippen molar-refractivity contribution in [1.82, 2.24) is 0 Å². The maximum absolute atomic E-state index is 11.7. The van der Waals surface area contributed by atoms with Gasteiger partial charge in [0.2, 0.25) is 0 Å². The first-order valence-electron chi connectivity index (χ1n) is 5.82. The minimum Gasteiger partial charge on any atom is -0.359 e. The Bertz CT molecular complexity index is 462. The quantitative estimate of drug-likeness (QED) is 0.858. The van der Waals surface area contributed by atoms with Crippen molar-refractivity contribution in [3.05, 3.63) is 40.6 Å². The molecule has 90 valence electrons. The van der Waals surface area contributed by atoms with Crippen LogP contribution in [0, 0.1) is 5.92 Å². The van der Waals surface area contributed by atoms with E-state index in [1.807, 2.05) is 31.2 Å². The summed E-state index contributed by atoms with van der Waals surface area (Å²) in [6, 6.07) is 7.53. The highest BCUT2D eigenvalue weighted by Crippen LogP contribution is 2.27. The van der Waals surface area contributed by atoms with Crippen molar-refractivity contribution in [2.24, 2.45) is 5.92 Å². The van der Waals surface area contributed by atoms with Crippen LogP contribution in [0.25, 0.3) is 0 Å². The molecule has 0 heterocycles. The van der Waals surface area contributed by atoms with E-state index < -0.39 is 0 Å². The van der Waals surface area contributed by atoms with Gasteiger partial charge in [-0.3, -0.25) is 4.79 Å². The molecule has 0 fully saturated rings. The van der Waals surface area contributed by atoms with Crippen LogP contribution in [-0.2, 0) is 4.79 Å². The molecule has 0 radical (unpaired) electrons. The Morgan fingerprint density at radius 3 is 2.53 bits per heavy atom. The molecule has 1 aliphatic rings. The molecule has 0 saturated carbocycles. The lowest BCUT2D eigenvalue weighted by Gasteiger charge is -2.23. The first-order valence-corrected chi connectivity index (χ1v) is 6.19. The third-order valence-corrected chi connectivity index (χ3v) is 3.35. The fourth-order valence-electron chi connectivity index (χ4n) is 2.06. The largest absolute Gasteiger partial charge is 0.359 e. The molecule has 1 aliphatic carbocycles. The first-order chi connectivity index (χ1) is 8.06. The second-order valence-corrected chi connectivity index (χ2v) is 5.11. The number of nitrogens with one attached hydrogen (secondary N) is 1. The van der Waals surface area contributed by atoms with E-state index in [1.165, 1.54) is 0 Å². The molecule has 3 heteroatoms. The lowest BCUT2D eigenvalue weighted by molar-refractivity contribution is -0.116. The second-order valence-electron chi connectivity index (χ2n) is 4.67. The van der Waals surface area contributed by atoms with Gasteiger partial charge in [0, 0.05) is 28.4 Å². The van der Waals surface area contributed by atoms with Crippen LogP contribution in [0.15, 0.2) is 35.5 Å². The van der Waals surface area contributed by atoms with Gasteiger partial charge in [-0.1, -0.05) is 18.5 Å². The molecular formula is C14H16ClNO. The average molecular weight is 250 g/mol. The fourth-order valence-corrected chi connectivity index (χ4v) is 2.19. The van der Waals surface area contributed by atoms with E-state index >= 15 is 0 Å². The number of halogens is 1. The number of ketones is 1. The Labute approximate surface area is 107 Å². The molecule has 0 unspecified atom stereocenters. The van der Waals surface area contributed by atoms with Gasteiger partial charge in [-0.25, -0.2) is 0 Å². The number of rotatable bonds is 2. The highest BCUT2D eigenvalue weighted by molar-refractivity contribution is 6.30. The smallest absolute Gasteiger partial charge is 0.160 e. The normalized spacial score (nSPS) is 20.6. The van der Waals surface area contributed by atoms with Crippen molar-refractivity contribution >= 4 is 23.1 Å². The van der Waals surface area contributed by atoms with Crippen molar-refractivity contribution in [3.8, 4) is 0 Å². The van der Waals surface area contributed by atoms with Crippen molar-refractivity contribution in [3.63, 3.8) is 0 Å². The number of benzene rings is 1. The summed E-state index contributed by atoms with van der Waals surface area (Å²) in [6.07, 6.45) is 1.60. The SMILES string of the molecule is CC1=C(Nc2ccc(Cl)cc2)C[C@@H](C)CC1=O. The third-order valence-electron chi connectivity index (χ3n) is 3.10. The van der Waals surface area contributed by atoms with Crippen LogP contribution in [0.5, 0.6) is 0 Å². The van der Waals surface area contributed by atoms with Crippen LogP contribution in [0.2, 0.25) is 5.02 Å². The number of hydrogen-bond donors (Lipinski definition) is 1. The van der Waals surface area contributed by atoms with E-state index in [1.54, 1.807) is 0 Å². The highest BCUT2D eigenvalue weighted by atomic mass is 35.5. The minimum absolute atomic E-state index is 0.250. The molecule has 2 rings (SSSR count). The summed E-state index contributed by atoms with van der Waals surface area (Å²) < 4.78 is 0. The van der Waals surface area contributed by atoms with Crippen molar-refractivity contribution in [2.75, 3.05) is 5.32 Å². The van der Waals surface area contributed by atoms with Crippen LogP contribution >= 0.6 is 11.6 Å². The van der Waals surface area contributed by atoms with E-state index in [0.29, 0.717) is 17.4 Å². The zero-order chi connectivity index (χ0) is 12.4. The van der Waals surface area contributed by atoms with E-state index in [4.69, 9.17) is 11.6 Å². The highest BCUT2D eigenvalue weighted by Gasteiger charge is 2.22. The standard InChI is InChI=1S/C14H16ClNO/c1-9-7-13(10(2)14(17)8-9)16-12-5-3-11(15)4-6-12/h3-6,9,16H,7-8H2,1-2H3/t9-/m1/s1. The van der Waals surface area contributed by atoms with Gasteiger partial charge in [-0.05, 0) is 43.5 Å². The summed E-state index contributed by atoms with van der Waals surface area (Å²) in [5.74, 6) is 0.668. The molecule has 0 spiro atoms. The third kappa shape index (κ3) is 2.89. The van der Waals surface area contributed by atoms with Gasteiger partial charge in [-0.2, -0.15) is 0 Å². The lowest BCUT2D eigenvalue weighted by atomic mass is 9.88. The monoisotopic (exact) mass is 249 g/mol. The van der Waals surface area contributed by atoms with E-state index in [2.05, 4.69) is 12.2 Å². The molecule has 0 aliphatic heterocycles. The number of Topliss-reactive ketones (excluding diaryl/α,β-unsaturated/α-hetero) is 1. The number of hydrogen-bond acceptors (Lipinski definition) is 2. The van der Waals surface area contributed by atoms with Gasteiger partial charge in [0.1, 0.15) is 0 Å². The van der Waals surface area contributed by atoms with E-state index in [9.17, 15) is 4.79 Å². The van der Waals surface area contributed by atoms with Gasteiger partial charge in [-0.15, -0.1) is 0 Å². The van der Waals surface area contributed by atoms with Crippen LogP contribution in [0.1, 0.15) is 26.7 Å². The fraction of sp³-hybridized carbons (Fsp3) is 0.357. The van der Waals surface area contributed by atoms with Crippen LogP contribution < -0.4 is 5.32 Å². The van der Waals surface area contributed by atoms with E-state index in [-0.39, 0.29) is 5.78 Å². The summed E-state index contributed by atoms with van der Waals surface area (Å²) in [6.45, 7) is 4.00. The first kappa shape index (κ1) is 12.2. The van der Waals surface area contributed by atoms with Gasteiger partial charge < -0.3 is 5.32 Å². The van der Waals surface area contributed by atoms with Gasteiger partial charge in [0.05, 0.1) is 0 Å². The van der Waals surface area contributed by atoms with Gasteiger partial charge >= 0.3 is 0 Å². The molecule has 1 aromatic carbocycles. The summed E-state index contributed by atoms with van der Waals surface area (Å²) in [7, 11) is 0. The summed E-state index contributed by atoms with van der Waals surface area (Å²) in [5, 5.41) is 4.04. The Balaban J connectivity index is 2.20. The van der Waals surface area contributed by atoms with Crippen LogP contribution in [-0.4, -0.2) is 5.78 Å². The molecule has 0 amide bonds. The Kier molecular flexibility index (Phi) is 3.53. The van der Waals surface area contributed by atoms with Crippen LogP contribution in [0.4, 0.5) is 5.69 Å². The maximum atomic E-state index is 11.7. The number of carbonyl (C=O) groups excluding carboxylic acids is 1. The zero-order valence-electron chi connectivity index (χ0n) is 10.1. The van der Waals surface area contributed by atoms with Crippen molar-refractivity contribution in [1.29, 1.82) is 0 Å². The topological polar surface area (TPSA) is 29.1 Å². The maximum Gasteiger partial charge on any atom is 0.160 e. The predicted molar refractivity (Wildman–Crippen MR) is 71.2 cm³/mol. The number of anilines is 1. The summed E-state index contributed by atoms with van der Waals surface area (Å²) in [4.78, 5) is 11.7. The van der Waals surface area contributed by atoms with Gasteiger partial charge in [0.15, 0.2) is 5.78 Å². The van der Waals surface area contributed by atoms with Crippen LogP contribution in [0.3, 0.4) is 0 Å². The molecule has 17 heavy (non-hydrogen) atoms. The van der Waals surface area contributed by atoms with Crippen molar-refractivity contribution in [2.45, 2.75) is 26.7 Å². The number of carbonyl (C=O) groups is 1. The Morgan fingerprint density at radius 1 is 1.24 bits per heavy atom. The Hall–Kier alpha value is -1.28. The zero-order valence-corrected chi connectivity index (χ0v) is 10.8. The molecular weight excluding hydrogens is 234 g/mol. The molecule has 0 bridgehead atoms. The summed E-state index contributed by atoms with van der Waals surface area (Å²) in [5.41, 5.74) is 2.87. The molecule has 2 nitrogen and oxygen atoms in total. The predicted octanol–water partition coefficient (Wildman–Crippen LogP) is 4.02. The second kappa shape index (κ2) is 4.92. The molecule has 1 N–H and O–H groups in total. The summed E-state index contributed by atoms with van der Waals surface area (Å²) >= 11 is 5.84. The number of allylic oxidation sites excluding steroid dienone is 2. The van der Waals surface area contributed by atoms with Gasteiger partial charge in [0.25, 0.3) is 0 Å². The lowest BCUT2D eigenvalue weighted by Crippen LogP contribution is -2.19. The minimum atomic E-state index is 0.250. The molecule has 0 aromatic heterocycles.